The zero-order valence-electron chi connectivity index (χ0n) is 10.3. The maximum atomic E-state index is 5.94. The fourth-order valence-electron chi connectivity index (χ4n) is 2.09. The highest BCUT2D eigenvalue weighted by Crippen LogP contribution is 2.32. The lowest BCUT2D eigenvalue weighted by molar-refractivity contribution is 0.279. The van der Waals surface area contributed by atoms with Crippen LogP contribution in [0.3, 0.4) is 0 Å². The Morgan fingerprint density at radius 3 is 2.73 bits per heavy atom. The lowest BCUT2D eigenvalue weighted by Gasteiger charge is -2.22. The van der Waals surface area contributed by atoms with E-state index in [1.165, 1.54) is 18.9 Å². The van der Waals surface area contributed by atoms with Gasteiger partial charge in [-0.1, -0.05) is 37.1 Å². The molecular formula is C11H22AlClOSi. The quantitative estimate of drug-likeness (QED) is 0.536. The third kappa shape index (κ3) is 5.56. The fourth-order valence-corrected chi connectivity index (χ4v) is 4.46. The summed E-state index contributed by atoms with van der Waals surface area (Å²) in [6.07, 6.45) is 4.95. The average Bonchev–Trinajstić information content (AvgIpc) is 2.45. The summed E-state index contributed by atoms with van der Waals surface area (Å²) in [6.45, 7) is 8.17. The smallest absolute Gasteiger partial charge is 0.489 e. The second kappa shape index (κ2) is 5.89. The van der Waals surface area contributed by atoms with Gasteiger partial charge in [0, 0.05) is 20.6 Å². The molecule has 1 aliphatic carbocycles. The van der Waals surface area contributed by atoms with E-state index in [0.29, 0.717) is 5.92 Å². The number of allylic oxidation sites excluding steroid dienone is 1. The summed E-state index contributed by atoms with van der Waals surface area (Å²) in [5.41, 5.74) is 1.65. The lowest BCUT2D eigenvalue weighted by atomic mass is 10.0. The fraction of sp³-hybridized carbons (Fsp3) is 0.818. The standard InChI is InChI=1S/C10H19OSi.CH3.Al.ClH/c1-12(2,3)8-10-6-4-5-9(10)7-11;;;/h6,9H,4-5,7-8H2,1-3H3;1H3;;1H/q-1;;+2;/p-1. The highest BCUT2D eigenvalue weighted by Gasteiger charge is 2.25. The van der Waals surface area contributed by atoms with E-state index in [9.17, 15) is 0 Å². The van der Waals surface area contributed by atoms with Crippen molar-refractivity contribution in [2.45, 2.75) is 44.3 Å². The van der Waals surface area contributed by atoms with Crippen LogP contribution in [0.15, 0.2) is 11.6 Å². The highest BCUT2D eigenvalue weighted by molar-refractivity contribution is 7.02. The molecule has 1 aliphatic rings. The monoisotopic (exact) mass is 260 g/mol. The van der Waals surface area contributed by atoms with E-state index in [0.717, 1.165) is 6.61 Å². The van der Waals surface area contributed by atoms with Gasteiger partial charge in [-0.05, 0) is 18.9 Å². The molecule has 86 valence electrons. The molecule has 0 aromatic heterocycles. The SMILES string of the molecule is [CH3][Al]([Cl])[O]CC1CCC=C1C[Si](C)(C)C. The van der Waals surface area contributed by atoms with Crippen molar-refractivity contribution in [3.63, 3.8) is 0 Å². The molecule has 0 saturated carbocycles. The summed E-state index contributed by atoms with van der Waals surface area (Å²) in [7, 11) is 4.98. The van der Waals surface area contributed by atoms with E-state index in [2.05, 4.69) is 25.7 Å². The topological polar surface area (TPSA) is 9.23 Å². The summed E-state index contributed by atoms with van der Waals surface area (Å²) >= 11 is -1.35. The van der Waals surface area contributed by atoms with Crippen LogP contribution >= 0.6 is 10.0 Å². The van der Waals surface area contributed by atoms with E-state index >= 15 is 0 Å². The Balaban J connectivity index is 2.42. The van der Waals surface area contributed by atoms with Gasteiger partial charge in [0.2, 0.25) is 0 Å². The van der Waals surface area contributed by atoms with E-state index in [4.69, 9.17) is 13.8 Å². The van der Waals surface area contributed by atoms with Crippen molar-refractivity contribution in [2.75, 3.05) is 6.61 Å². The second-order valence-corrected chi connectivity index (χ2v) is 14.4. The molecule has 0 radical (unpaired) electrons. The van der Waals surface area contributed by atoms with Gasteiger partial charge < -0.3 is 3.79 Å². The molecule has 0 aromatic carbocycles. The van der Waals surface area contributed by atoms with Crippen LogP contribution in [0.5, 0.6) is 0 Å². The minimum atomic E-state index is -1.35. The minimum absolute atomic E-state index is 0.672. The van der Waals surface area contributed by atoms with Crippen LogP contribution in [0, 0.1) is 5.92 Å². The van der Waals surface area contributed by atoms with Gasteiger partial charge in [-0.2, -0.15) is 0 Å². The summed E-state index contributed by atoms with van der Waals surface area (Å²) in [4.78, 5) is 0. The van der Waals surface area contributed by atoms with Crippen LogP contribution in [-0.2, 0) is 3.79 Å². The molecule has 1 rings (SSSR count). The first-order chi connectivity index (χ1) is 6.88. The molecule has 0 aromatic rings. The molecule has 0 aliphatic heterocycles. The van der Waals surface area contributed by atoms with Crippen LogP contribution in [0.1, 0.15) is 12.8 Å². The van der Waals surface area contributed by atoms with E-state index in [-0.39, 0.29) is 0 Å². The number of hydrogen-bond acceptors (Lipinski definition) is 1. The first-order valence-corrected chi connectivity index (χ1v) is 12.9. The predicted octanol–water partition coefficient (Wildman–Crippen LogP) is 4.03. The normalized spacial score (nSPS) is 21.7. The minimum Gasteiger partial charge on any atom is -0.489 e. The van der Waals surface area contributed by atoms with Crippen molar-refractivity contribution < 1.29 is 3.79 Å². The van der Waals surface area contributed by atoms with Gasteiger partial charge in [0.1, 0.15) is 0 Å². The van der Waals surface area contributed by atoms with Gasteiger partial charge in [0.15, 0.2) is 0 Å². The van der Waals surface area contributed by atoms with Crippen molar-refractivity contribution in [3.8, 4) is 0 Å². The first kappa shape index (κ1) is 13.8. The molecule has 0 N–H and O–H groups in total. The molecule has 0 fully saturated rings. The lowest BCUT2D eigenvalue weighted by Crippen LogP contribution is -2.23. The third-order valence-electron chi connectivity index (χ3n) is 2.71. The summed E-state index contributed by atoms with van der Waals surface area (Å²) in [6, 6.07) is 1.33. The Morgan fingerprint density at radius 1 is 1.53 bits per heavy atom. The van der Waals surface area contributed by atoms with Crippen LogP contribution in [-0.4, -0.2) is 28.2 Å². The van der Waals surface area contributed by atoms with Crippen LogP contribution < -0.4 is 0 Å². The molecule has 0 saturated heterocycles. The summed E-state index contributed by atoms with van der Waals surface area (Å²) in [5, 5.41) is 0. The maximum absolute atomic E-state index is 5.94. The zero-order valence-corrected chi connectivity index (χ0v) is 13.3. The molecule has 4 heteroatoms. The average molecular weight is 261 g/mol. The van der Waals surface area contributed by atoms with Gasteiger partial charge in [-0.3, -0.25) is 0 Å². The molecule has 0 amide bonds. The molecule has 1 nitrogen and oxygen atoms in total. The zero-order chi connectivity index (χ0) is 11.5. The Hall–Kier alpha value is 0.739. The molecule has 0 spiro atoms. The summed E-state index contributed by atoms with van der Waals surface area (Å²) < 4.78 is 5.65. The van der Waals surface area contributed by atoms with Crippen LogP contribution in [0.2, 0.25) is 31.5 Å². The predicted molar refractivity (Wildman–Crippen MR) is 72.4 cm³/mol. The van der Waals surface area contributed by atoms with Gasteiger partial charge >= 0.3 is 13.6 Å². The third-order valence-corrected chi connectivity index (χ3v) is 5.21. The van der Waals surface area contributed by atoms with E-state index in [1.54, 1.807) is 5.57 Å². The van der Waals surface area contributed by atoms with Crippen molar-refractivity contribution in [3.05, 3.63) is 11.6 Å². The van der Waals surface area contributed by atoms with Crippen molar-refractivity contribution in [1.29, 1.82) is 0 Å². The van der Waals surface area contributed by atoms with E-state index in [1.807, 2.05) is 5.79 Å². The molecule has 0 bridgehead atoms. The van der Waals surface area contributed by atoms with Crippen molar-refractivity contribution >= 4 is 31.7 Å². The van der Waals surface area contributed by atoms with Crippen molar-refractivity contribution in [1.82, 2.24) is 0 Å². The number of hydrogen-bond donors (Lipinski definition) is 0. The Kier molecular flexibility index (Phi) is 5.42. The van der Waals surface area contributed by atoms with E-state index < -0.39 is 21.6 Å². The largest absolute Gasteiger partial charge is 0.588 e. The summed E-state index contributed by atoms with van der Waals surface area (Å²) in [5.74, 6) is 2.70. The maximum Gasteiger partial charge on any atom is 0.588 e. The highest BCUT2D eigenvalue weighted by atomic mass is 35.6. The van der Waals surface area contributed by atoms with Gasteiger partial charge in [0.25, 0.3) is 0 Å². The van der Waals surface area contributed by atoms with Crippen molar-refractivity contribution in [2.24, 2.45) is 5.92 Å². The van der Waals surface area contributed by atoms with Gasteiger partial charge in [-0.25, -0.2) is 10.0 Å². The second-order valence-electron chi connectivity index (χ2n) is 5.67. The Morgan fingerprint density at radius 2 is 2.20 bits per heavy atom. The molecular weight excluding hydrogens is 239 g/mol. The molecule has 15 heavy (non-hydrogen) atoms. The number of rotatable bonds is 5. The number of halogens is 1. The van der Waals surface area contributed by atoms with Crippen LogP contribution in [0.4, 0.5) is 0 Å². The van der Waals surface area contributed by atoms with Gasteiger partial charge in [-0.15, -0.1) is 0 Å². The van der Waals surface area contributed by atoms with Crippen LogP contribution in [0.25, 0.3) is 0 Å². The first-order valence-electron chi connectivity index (χ1n) is 5.83. The molecule has 1 unspecified atom stereocenters. The molecule has 1 atom stereocenters. The Bertz CT molecular complexity index is 235. The molecule has 0 heterocycles. The Labute approximate surface area is 104 Å². The van der Waals surface area contributed by atoms with Gasteiger partial charge in [0.05, 0.1) is 0 Å².